The first-order valence-corrected chi connectivity index (χ1v) is 13.6. The smallest absolute Gasteiger partial charge is 0.341 e. The van der Waals surface area contributed by atoms with Gasteiger partial charge in [0.15, 0.2) is 17.1 Å². The predicted octanol–water partition coefficient (Wildman–Crippen LogP) is 4.58. The quantitative estimate of drug-likeness (QED) is 0.242. The van der Waals surface area contributed by atoms with Gasteiger partial charge in [-0.1, -0.05) is 27.7 Å². The van der Waals surface area contributed by atoms with Gasteiger partial charge in [0.2, 0.25) is 5.91 Å². The van der Waals surface area contributed by atoms with Crippen molar-refractivity contribution in [2.75, 3.05) is 17.7 Å². The molecule has 36 heavy (non-hydrogen) atoms. The number of hydrogen-bond donors (Lipinski definition) is 2. The lowest BCUT2D eigenvalue weighted by molar-refractivity contribution is -0.113. The highest BCUT2D eigenvalue weighted by molar-refractivity contribution is 9.10. The van der Waals surface area contributed by atoms with Crippen molar-refractivity contribution in [2.24, 2.45) is 5.73 Å². The fourth-order valence-electron chi connectivity index (χ4n) is 3.35. The normalized spacial score (nSPS) is 11.7. The molecule has 192 valence electrons. The van der Waals surface area contributed by atoms with Crippen LogP contribution in [0.3, 0.4) is 0 Å². The van der Waals surface area contributed by atoms with Gasteiger partial charge in [-0.2, -0.15) is 0 Å². The fraction of sp³-hybridized carbons (Fsp3) is 0.348. The Morgan fingerprint density at radius 2 is 1.92 bits per heavy atom. The number of benzene rings is 1. The lowest BCUT2D eigenvalue weighted by Gasteiger charge is -2.15. The zero-order chi connectivity index (χ0) is 26.4. The Bertz CT molecular complexity index is 1260. The molecule has 0 aliphatic rings. The number of amides is 2. The zero-order valence-corrected chi connectivity index (χ0v) is 23.4. The average molecular weight is 597 g/mol. The number of hydrogen-bond acceptors (Lipinski definition) is 9. The molecule has 13 heteroatoms. The van der Waals surface area contributed by atoms with Crippen molar-refractivity contribution in [3.8, 4) is 5.75 Å². The number of nitrogens with two attached hydrogens (primary N) is 1. The summed E-state index contributed by atoms with van der Waals surface area (Å²) in [5.41, 5.74) is 5.93. The summed E-state index contributed by atoms with van der Waals surface area (Å²) in [5, 5.41) is 12.0. The average Bonchev–Trinajstić information content (AvgIpc) is 3.39. The van der Waals surface area contributed by atoms with Gasteiger partial charge in [0.1, 0.15) is 10.8 Å². The predicted molar refractivity (Wildman–Crippen MR) is 142 cm³/mol. The largest absolute Gasteiger partial charge is 0.483 e. The Morgan fingerprint density at radius 3 is 2.53 bits per heavy atom. The third kappa shape index (κ3) is 6.45. The van der Waals surface area contributed by atoms with E-state index in [0.717, 1.165) is 15.8 Å². The SMILES string of the molecule is CCOC(=O)c1c(NC(=O)CSc2nnc(C(C)Oc3ccc(Br)cc3)n2CC)sc(C(N)=O)c1C. The zero-order valence-electron chi connectivity index (χ0n) is 20.2. The first-order chi connectivity index (χ1) is 17.2. The second kappa shape index (κ2) is 12.4. The maximum atomic E-state index is 12.7. The summed E-state index contributed by atoms with van der Waals surface area (Å²) in [6, 6.07) is 7.49. The second-order valence-corrected chi connectivity index (χ2v) is 10.4. The van der Waals surface area contributed by atoms with Crippen molar-refractivity contribution in [1.29, 1.82) is 0 Å². The minimum absolute atomic E-state index is 0.00516. The molecule has 2 aromatic heterocycles. The number of nitrogens with zero attached hydrogens (tertiary/aromatic N) is 3. The number of primary amides is 1. The van der Waals surface area contributed by atoms with Gasteiger partial charge in [-0.05, 0) is 57.5 Å². The third-order valence-electron chi connectivity index (χ3n) is 4.99. The molecule has 3 rings (SSSR count). The van der Waals surface area contributed by atoms with Crippen molar-refractivity contribution in [3.05, 3.63) is 50.6 Å². The van der Waals surface area contributed by atoms with E-state index in [1.807, 2.05) is 42.7 Å². The molecule has 0 radical (unpaired) electrons. The van der Waals surface area contributed by atoms with E-state index in [2.05, 4.69) is 31.4 Å². The van der Waals surface area contributed by atoms with Crippen LogP contribution in [-0.2, 0) is 16.1 Å². The van der Waals surface area contributed by atoms with Gasteiger partial charge in [-0.15, -0.1) is 21.5 Å². The maximum Gasteiger partial charge on any atom is 0.341 e. The van der Waals surface area contributed by atoms with Crippen LogP contribution in [0.25, 0.3) is 0 Å². The van der Waals surface area contributed by atoms with E-state index in [1.165, 1.54) is 11.8 Å². The summed E-state index contributed by atoms with van der Waals surface area (Å²) in [6.07, 6.45) is -0.366. The van der Waals surface area contributed by atoms with Gasteiger partial charge in [-0.3, -0.25) is 9.59 Å². The van der Waals surface area contributed by atoms with Gasteiger partial charge in [0.25, 0.3) is 5.91 Å². The maximum absolute atomic E-state index is 12.7. The molecule has 0 fully saturated rings. The van der Waals surface area contributed by atoms with Gasteiger partial charge in [0.05, 0.1) is 22.8 Å². The number of halogens is 1. The Kier molecular flexibility index (Phi) is 9.51. The summed E-state index contributed by atoms with van der Waals surface area (Å²) >= 11 is 5.55. The molecule has 3 N–H and O–H groups in total. The van der Waals surface area contributed by atoms with Crippen LogP contribution in [0.2, 0.25) is 0 Å². The number of aromatic nitrogens is 3. The molecule has 1 atom stereocenters. The number of thioether (sulfide) groups is 1. The topological polar surface area (TPSA) is 138 Å². The van der Waals surface area contributed by atoms with Crippen LogP contribution in [0.4, 0.5) is 5.00 Å². The molecule has 3 aromatic rings. The van der Waals surface area contributed by atoms with Gasteiger partial charge in [-0.25, -0.2) is 4.79 Å². The van der Waals surface area contributed by atoms with Crippen molar-refractivity contribution >= 4 is 61.8 Å². The standard InChI is InChI=1S/C23H26BrN5O5S2/c1-5-29-20(13(4)34-15-9-7-14(24)8-10-15)27-28-23(29)35-11-16(30)26-21-17(22(32)33-6-2)12(3)18(36-21)19(25)31/h7-10,13H,5-6,11H2,1-4H3,(H2,25,31)(H,26,30). The van der Waals surface area contributed by atoms with Crippen LogP contribution in [0.15, 0.2) is 33.9 Å². The van der Waals surface area contributed by atoms with Crippen LogP contribution in [-0.4, -0.2) is 44.9 Å². The molecule has 2 amide bonds. The summed E-state index contributed by atoms with van der Waals surface area (Å²) in [7, 11) is 0. The lowest BCUT2D eigenvalue weighted by atomic mass is 10.1. The number of anilines is 1. The van der Waals surface area contributed by atoms with E-state index >= 15 is 0 Å². The molecule has 0 aliphatic carbocycles. The summed E-state index contributed by atoms with van der Waals surface area (Å²) < 4.78 is 13.9. The molecule has 1 aromatic carbocycles. The van der Waals surface area contributed by atoms with Crippen molar-refractivity contribution < 1.29 is 23.9 Å². The van der Waals surface area contributed by atoms with Gasteiger partial charge < -0.3 is 25.1 Å². The van der Waals surface area contributed by atoms with Crippen molar-refractivity contribution in [2.45, 2.75) is 45.5 Å². The second-order valence-electron chi connectivity index (χ2n) is 7.48. The summed E-state index contributed by atoms with van der Waals surface area (Å²) in [6.45, 7) is 7.84. The first kappa shape index (κ1) is 27.7. The van der Waals surface area contributed by atoms with Crippen LogP contribution in [0.5, 0.6) is 5.75 Å². The van der Waals surface area contributed by atoms with Crippen molar-refractivity contribution in [3.63, 3.8) is 0 Å². The minimum atomic E-state index is -0.680. The van der Waals surface area contributed by atoms with Crippen molar-refractivity contribution in [1.82, 2.24) is 14.8 Å². The number of rotatable bonds is 11. The Morgan fingerprint density at radius 1 is 1.22 bits per heavy atom. The molecular weight excluding hydrogens is 570 g/mol. The highest BCUT2D eigenvalue weighted by atomic mass is 79.9. The Balaban J connectivity index is 1.71. The van der Waals surface area contributed by atoms with Crippen LogP contribution < -0.4 is 15.8 Å². The van der Waals surface area contributed by atoms with Crippen LogP contribution in [0.1, 0.15) is 58.3 Å². The molecule has 2 heterocycles. The van der Waals surface area contributed by atoms with Gasteiger partial charge >= 0.3 is 5.97 Å². The molecule has 1 unspecified atom stereocenters. The van der Waals surface area contributed by atoms with E-state index < -0.39 is 11.9 Å². The molecule has 0 spiro atoms. The molecule has 0 saturated carbocycles. The fourth-order valence-corrected chi connectivity index (χ4v) is 5.49. The molecule has 0 bridgehead atoms. The summed E-state index contributed by atoms with van der Waals surface area (Å²) in [5.74, 6) is -0.352. The highest BCUT2D eigenvalue weighted by Gasteiger charge is 2.26. The Hall–Kier alpha value is -2.90. The Labute approximate surface area is 225 Å². The molecular formula is C23H26BrN5O5S2. The van der Waals surface area contributed by atoms with Crippen LogP contribution >= 0.6 is 39.0 Å². The number of thiophene rings is 1. The number of nitrogens with one attached hydrogen (secondary N) is 1. The van der Waals surface area contributed by atoms with Gasteiger partial charge in [0, 0.05) is 11.0 Å². The molecule has 0 saturated heterocycles. The first-order valence-electron chi connectivity index (χ1n) is 11.0. The molecule has 0 aliphatic heterocycles. The van der Waals surface area contributed by atoms with E-state index in [1.54, 1.807) is 13.8 Å². The van der Waals surface area contributed by atoms with Crippen LogP contribution in [0, 0.1) is 6.92 Å². The minimum Gasteiger partial charge on any atom is -0.483 e. The number of carbonyl (C=O) groups is 3. The van der Waals surface area contributed by atoms with E-state index in [-0.39, 0.29) is 39.8 Å². The summed E-state index contributed by atoms with van der Waals surface area (Å²) in [4.78, 5) is 37.1. The monoisotopic (exact) mass is 595 g/mol. The van der Waals surface area contributed by atoms with E-state index in [9.17, 15) is 14.4 Å². The lowest BCUT2D eigenvalue weighted by Crippen LogP contribution is -2.17. The number of ether oxygens (including phenoxy) is 2. The van der Waals surface area contributed by atoms with E-state index in [0.29, 0.717) is 28.8 Å². The number of carbonyl (C=O) groups excluding carboxylic acids is 3. The third-order valence-corrected chi connectivity index (χ3v) is 7.70. The van der Waals surface area contributed by atoms with E-state index in [4.69, 9.17) is 15.2 Å². The highest BCUT2D eigenvalue weighted by Crippen LogP contribution is 2.34. The molecule has 10 nitrogen and oxygen atoms in total. The number of esters is 1.